The van der Waals surface area contributed by atoms with E-state index in [-0.39, 0.29) is 12.8 Å². The Morgan fingerprint density at radius 2 is 1.96 bits per heavy atom. The molecule has 0 aliphatic rings. The zero-order valence-electron chi connectivity index (χ0n) is 14.4. The third-order valence-corrected chi connectivity index (χ3v) is 3.14. The van der Waals surface area contributed by atoms with Gasteiger partial charge < -0.3 is 19.7 Å². The van der Waals surface area contributed by atoms with Gasteiger partial charge in [-0.1, -0.05) is 35.5 Å². The van der Waals surface area contributed by atoms with Gasteiger partial charge in [-0.05, 0) is 27.2 Å². The molecule has 1 aromatic heterocycles. The summed E-state index contributed by atoms with van der Waals surface area (Å²) < 4.78 is 10.2. The Labute approximate surface area is 145 Å². The highest BCUT2D eigenvalue weighted by atomic mass is 16.6. The van der Waals surface area contributed by atoms with Crippen molar-refractivity contribution in [3.8, 4) is 11.4 Å². The van der Waals surface area contributed by atoms with Crippen LogP contribution in [-0.4, -0.2) is 39.0 Å². The van der Waals surface area contributed by atoms with Gasteiger partial charge >= 0.3 is 12.1 Å². The number of carbonyl (C=O) groups excluding carboxylic acids is 1. The Hall–Kier alpha value is -2.90. The molecule has 1 amide bonds. The van der Waals surface area contributed by atoms with Gasteiger partial charge in [0.1, 0.15) is 11.6 Å². The number of amides is 1. The zero-order valence-corrected chi connectivity index (χ0v) is 14.4. The fraction of sp³-hybridized carbons (Fsp3) is 0.412. The molecule has 25 heavy (non-hydrogen) atoms. The average Bonchev–Trinajstić information content (AvgIpc) is 2.99. The van der Waals surface area contributed by atoms with Gasteiger partial charge in [-0.2, -0.15) is 4.98 Å². The number of aromatic nitrogens is 2. The lowest BCUT2D eigenvalue weighted by Crippen LogP contribution is -2.43. The molecule has 2 aromatic rings. The number of carboxylic acid groups (broad SMARTS) is 1. The first-order chi connectivity index (χ1) is 11.7. The van der Waals surface area contributed by atoms with Gasteiger partial charge in [0.05, 0.1) is 0 Å². The molecule has 2 N–H and O–H groups in total. The van der Waals surface area contributed by atoms with Gasteiger partial charge in [0.25, 0.3) is 0 Å². The van der Waals surface area contributed by atoms with E-state index in [2.05, 4.69) is 15.5 Å². The predicted octanol–water partition coefficient (Wildman–Crippen LogP) is 2.65. The second kappa shape index (κ2) is 7.78. The number of alkyl carbamates (subject to hydrolysis) is 1. The molecule has 0 aliphatic carbocycles. The molecule has 1 heterocycles. The van der Waals surface area contributed by atoms with Crippen LogP contribution >= 0.6 is 0 Å². The maximum Gasteiger partial charge on any atom is 0.408 e. The monoisotopic (exact) mass is 347 g/mol. The molecule has 0 aliphatic heterocycles. The first-order valence-electron chi connectivity index (χ1n) is 7.85. The summed E-state index contributed by atoms with van der Waals surface area (Å²) in [6.45, 7) is 5.10. The van der Waals surface area contributed by atoms with Crippen molar-refractivity contribution in [1.29, 1.82) is 0 Å². The number of nitrogens with one attached hydrogen (secondary N) is 1. The predicted molar refractivity (Wildman–Crippen MR) is 88.8 cm³/mol. The van der Waals surface area contributed by atoms with Crippen molar-refractivity contribution in [2.45, 2.75) is 45.3 Å². The number of benzene rings is 1. The molecular weight excluding hydrogens is 326 g/mol. The Morgan fingerprint density at radius 1 is 1.28 bits per heavy atom. The van der Waals surface area contributed by atoms with E-state index in [9.17, 15) is 14.7 Å². The molecule has 0 spiro atoms. The quantitative estimate of drug-likeness (QED) is 0.825. The van der Waals surface area contributed by atoms with Gasteiger partial charge in [0.2, 0.25) is 11.7 Å². The fourth-order valence-corrected chi connectivity index (χ4v) is 2.04. The van der Waals surface area contributed by atoms with E-state index in [1.807, 2.05) is 30.3 Å². The van der Waals surface area contributed by atoms with Gasteiger partial charge in [-0.25, -0.2) is 9.59 Å². The first-order valence-corrected chi connectivity index (χ1v) is 7.85. The lowest BCUT2D eigenvalue weighted by molar-refractivity contribution is -0.139. The molecule has 0 saturated carbocycles. The molecule has 2 rings (SSSR count). The van der Waals surface area contributed by atoms with Crippen molar-refractivity contribution < 1.29 is 24.0 Å². The lowest BCUT2D eigenvalue weighted by atomic mass is 10.1. The Morgan fingerprint density at radius 3 is 2.56 bits per heavy atom. The highest BCUT2D eigenvalue weighted by Gasteiger charge is 2.24. The summed E-state index contributed by atoms with van der Waals surface area (Å²) in [5.74, 6) is -0.424. The Kier molecular flexibility index (Phi) is 5.74. The summed E-state index contributed by atoms with van der Waals surface area (Å²) in [4.78, 5) is 27.3. The molecule has 1 unspecified atom stereocenters. The largest absolute Gasteiger partial charge is 0.480 e. The second-order valence-corrected chi connectivity index (χ2v) is 6.45. The van der Waals surface area contributed by atoms with E-state index < -0.39 is 23.7 Å². The number of hydrogen-bond acceptors (Lipinski definition) is 6. The van der Waals surface area contributed by atoms with E-state index >= 15 is 0 Å². The van der Waals surface area contributed by atoms with Gasteiger partial charge in [-0.3, -0.25) is 0 Å². The van der Waals surface area contributed by atoms with Crippen molar-refractivity contribution in [3.05, 3.63) is 36.2 Å². The van der Waals surface area contributed by atoms with Crippen molar-refractivity contribution in [2.75, 3.05) is 0 Å². The normalized spacial score (nSPS) is 12.4. The van der Waals surface area contributed by atoms with E-state index in [4.69, 9.17) is 9.26 Å². The maximum absolute atomic E-state index is 11.7. The average molecular weight is 347 g/mol. The van der Waals surface area contributed by atoms with Crippen LogP contribution in [-0.2, 0) is 16.0 Å². The van der Waals surface area contributed by atoms with Crippen molar-refractivity contribution in [3.63, 3.8) is 0 Å². The molecule has 0 radical (unpaired) electrons. The summed E-state index contributed by atoms with van der Waals surface area (Å²) >= 11 is 0. The highest BCUT2D eigenvalue weighted by molar-refractivity contribution is 5.80. The summed E-state index contributed by atoms with van der Waals surface area (Å²) in [6, 6.07) is 8.18. The molecule has 134 valence electrons. The van der Waals surface area contributed by atoms with Crippen LogP contribution in [0.4, 0.5) is 4.79 Å². The number of rotatable bonds is 6. The summed E-state index contributed by atoms with van der Waals surface area (Å²) in [5.41, 5.74) is 0.101. The molecule has 8 heteroatoms. The Bertz CT molecular complexity index is 721. The number of ether oxygens (including phenoxy) is 1. The lowest BCUT2D eigenvalue weighted by Gasteiger charge is -2.21. The molecule has 8 nitrogen and oxygen atoms in total. The number of hydrogen-bond donors (Lipinski definition) is 2. The molecule has 1 aromatic carbocycles. The van der Waals surface area contributed by atoms with Crippen molar-refractivity contribution in [1.82, 2.24) is 15.5 Å². The minimum Gasteiger partial charge on any atom is -0.480 e. The number of aliphatic carboxylic acids is 1. The van der Waals surface area contributed by atoms with E-state index in [1.165, 1.54) is 0 Å². The van der Waals surface area contributed by atoms with Crippen LogP contribution in [0.25, 0.3) is 11.4 Å². The topological polar surface area (TPSA) is 115 Å². The third kappa shape index (κ3) is 5.91. The standard InChI is InChI=1S/C17H21N3O5/c1-17(2,3)24-16(23)18-12(15(21)22)9-10-13-19-14(20-25-13)11-7-5-4-6-8-11/h4-8,12H,9-10H2,1-3H3,(H,18,23)(H,21,22). The molecule has 0 saturated heterocycles. The van der Waals surface area contributed by atoms with Crippen LogP contribution in [0.2, 0.25) is 0 Å². The van der Waals surface area contributed by atoms with Crippen LogP contribution in [0, 0.1) is 0 Å². The minimum absolute atomic E-state index is 0.102. The molecule has 0 fully saturated rings. The highest BCUT2D eigenvalue weighted by Crippen LogP contribution is 2.16. The van der Waals surface area contributed by atoms with Crippen LogP contribution in [0.5, 0.6) is 0 Å². The van der Waals surface area contributed by atoms with E-state index in [0.29, 0.717) is 11.7 Å². The van der Waals surface area contributed by atoms with Crippen molar-refractivity contribution in [2.24, 2.45) is 0 Å². The van der Waals surface area contributed by atoms with Crippen LogP contribution in [0.15, 0.2) is 34.9 Å². The number of carboxylic acids is 1. The Balaban J connectivity index is 1.94. The van der Waals surface area contributed by atoms with Gasteiger partial charge in [0, 0.05) is 12.0 Å². The van der Waals surface area contributed by atoms with E-state index in [0.717, 1.165) is 5.56 Å². The minimum atomic E-state index is -1.16. The van der Waals surface area contributed by atoms with Gasteiger partial charge in [0.15, 0.2) is 0 Å². The number of aryl methyl sites for hydroxylation is 1. The smallest absolute Gasteiger partial charge is 0.408 e. The summed E-state index contributed by atoms with van der Waals surface area (Å²) in [6.07, 6.45) is -0.465. The van der Waals surface area contributed by atoms with Crippen molar-refractivity contribution >= 4 is 12.1 Å². The van der Waals surface area contributed by atoms with Crippen LogP contribution in [0.1, 0.15) is 33.1 Å². The summed E-state index contributed by atoms with van der Waals surface area (Å²) in [5, 5.41) is 15.4. The number of nitrogens with zero attached hydrogens (tertiary/aromatic N) is 2. The van der Waals surface area contributed by atoms with E-state index in [1.54, 1.807) is 20.8 Å². The fourth-order valence-electron chi connectivity index (χ4n) is 2.04. The van der Waals surface area contributed by atoms with Crippen LogP contribution in [0.3, 0.4) is 0 Å². The molecule has 1 atom stereocenters. The van der Waals surface area contributed by atoms with Gasteiger partial charge in [-0.15, -0.1) is 0 Å². The number of carbonyl (C=O) groups is 2. The first kappa shape index (κ1) is 18.4. The maximum atomic E-state index is 11.7. The SMILES string of the molecule is CC(C)(C)OC(=O)NC(CCc1nc(-c2ccccc2)no1)C(=O)O. The zero-order chi connectivity index (χ0) is 18.4. The van der Waals surface area contributed by atoms with Crippen LogP contribution < -0.4 is 5.32 Å². The second-order valence-electron chi connectivity index (χ2n) is 6.45. The summed E-state index contributed by atoms with van der Waals surface area (Å²) in [7, 11) is 0. The molecule has 0 bridgehead atoms. The third-order valence-electron chi connectivity index (χ3n) is 3.14. The molecular formula is C17H21N3O5.